The van der Waals surface area contributed by atoms with Crippen LogP contribution in [-0.4, -0.2) is 17.4 Å². The molecule has 1 saturated heterocycles. The summed E-state index contributed by atoms with van der Waals surface area (Å²) in [5, 5.41) is 0. The van der Waals surface area contributed by atoms with Crippen molar-refractivity contribution in [3.8, 4) is 0 Å². The van der Waals surface area contributed by atoms with Crippen molar-refractivity contribution >= 4 is 21.8 Å². The second-order valence-electron chi connectivity index (χ2n) is 5.20. The van der Waals surface area contributed by atoms with E-state index in [-0.39, 0.29) is 17.8 Å². The minimum absolute atomic E-state index is 0.0398. The quantitative estimate of drug-likeness (QED) is 0.779. The number of rotatable bonds is 2. The summed E-state index contributed by atoms with van der Waals surface area (Å²) in [7, 11) is 0. The normalized spacial score (nSPS) is 18.0. The van der Waals surface area contributed by atoms with Crippen molar-refractivity contribution in [2.24, 2.45) is 0 Å². The molecule has 2 aromatic rings. The molecule has 1 aliphatic rings. The minimum atomic E-state index is -0.354. The van der Waals surface area contributed by atoms with Crippen molar-refractivity contribution < 1.29 is 9.18 Å². The first kappa shape index (κ1) is 14.3. The van der Waals surface area contributed by atoms with Gasteiger partial charge in [-0.15, -0.1) is 0 Å². The van der Waals surface area contributed by atoms with E-state index in [1.165, 1.54) is 6.07 Å². The van der Waals surface area contributed by atoms with E-state index in [1.54, 1.807) is 12.1 Å². The highest BCUT2D eigenvalue weighted by molar-refractivity contribution is 9.10. The van der Waals surface area contributed by atoms with Crippen LogP contribution in [0.1, 0.15) is 34.8 Å². The molecule has 1 fully saturated rings. The highest BCUT2D eigenvalue weighted by atomic mass is 79.9. The van der Waals surface area contributed by atoms with Crippen LogP contribution in [0.15, 0.2) is 53.0 Å². The number of likely N-dealkylation sites (tertiary alicyclic amines) is 1. The van der Waals surface area contributed by atoms with Crippen molar-refractivity contribution in [1.29, 1.82) is 0 Å². The first-order valence-electron chi connectivity index (χ1n) is 6.98. The van der Waals surface area contributed by atoms with Gasteiger partial charge in [0.1, 0.15) is 5.82 Å². The molecule has 1 atom stereocenters. The van der Waals surface area contributed by atoms with E-state index in [1.807, 2.05) is 23.1 Å². The van der Waals surface area contributed by atoms with Gasteiger partial charge in [-0.25, -0.2) is 4.39 Å². The molecule has 1 amide bonds. The van der Waals surface area contributed by atoms with E-state index >= 15 is 0 Å². The van der Waals surface area contributed by atoms with Crippen molar-refractivity contribution in [3.05, 3.63) is 69.9 Å². The molecule has 0 saturated carbocycles. The molecule has 0 spiro atoms. The van der Waals surface area contributed by atoms with Crippen molar-refractivity contribution in [1.82, 2.24) is 4.90 Å². The molecule has 1 aliphatic heterocycles. The summed E-state index contributed by atoms with van der Waals surface area (Å²) in [5.74, 6) is -0.394. The van der Waals surface area contributed by atoms with Crippen molar-refractivity contribution in [2.45, 2.75) is 18.9 Å². The van der Waals surface area contributed by atoms with Gasteiger partial charge in [-0.3, -0.25) is 4.79 Å². The summed E-state index contributed by atoms with van der Waals surface area (Å²) in [6.07, 6.45) is 1.96. The maximum atomic E-state index is 13.3. The molecule has 2 nitrogen and oxygen atoms in total. The van der Waals surface area contributed by atoms with E-state index in [2.05, 4.69) is 28.1 Å². The van der Waals surface area contributed by atoms with E-state index in [0.717, 1.165) is 24.9 Å². The second-order valence-corrected chi connectivity index (χ2v) is 6.05. The van der Waals surface area contributed by atoms with E-state index in [9.17, 15) is 9.18 Å². The Morgan fingerprint density at radius 1 is 1.19 bits per heavy atom. The maximum Gasteiger partial charge on any atom is 0.254 e. The summed E-state index contributed by atoms with van der Waals surface area (Å²) in [4.78, 5) is 14.6. The highest BCUT2D eigenvalue weighted by Gasteiger charge is 2.30. The summed E-state index contributed by atoms with van der Waals surface area (Å²) < 4.78 is 13.6. The number of nitrogens with zero attached hydrogens (tertiary/aromatic N) is 1. The summed E-state index contributed by atoms with van der Waals surface area (Å²) in [5.41, 5.74) is 1.68. The number of hydrogen-bond donors (Lipinski definition) is 0. The van der Waals surface area contributed by atoms with E-state index < -0.39 is 0 Å². The number of halogens is 2. The first-order valence-corrected chi connectivity index (χ1v) is 7.77. The molecule has 1 heterocycles. The monoisotopic (exact) mass is 347 g/mol. The zero-order valence-corrected chi connectivity index (χ0v) is 13.0. The molecular formula is C17H15BrFNO. The number of amides is 1. The lowest BCUT2D eigenvalue weighted by Gasteiger charge is -2.25. The number of carbonyl (C=O) groups excluding carboxylic acids is 1. The molecule has 0 bridgehead atoms. The summed E-state index contributed by atoms with van der Waals surface area (Å²) in [6, 6.07) is 14.6. The third kappa shape index (κ3) is 2.86. The van der Waals surface area contributed by atoms with Crippen LogP contribution in [0.2, 0.25) is 0 Å². The maximum absolute atomic E-state index is 13.3. The van der Waals surface area contributed by atoms with Crippen LogP contribution in [0.3, 0.4) is 0 Å². The predicted octanol–water partition coefficient (Wildman–Crippen LogP) is 4.57. The van der Waals surface area contributed by atoms with Gasteiger partial charge in [0.25, 0.3) is 5.91 Å². The van der Waals surface area contributed by atoms with Gasteiger partial charge < -0.3 is 4.90 Å². The van der Waals surface area contributed by atoms with Crippen molar-refractivity contribution in [3.63, 3.8) is 0 Å². The Balaban J connectivity index is 1.88. The SMILES string of the molecule is O=C(c1ccc(F)c(Br)c1)N1CCCC1c1ccccc1. The second kappa shape index (κ2) is 5.98. The van der Waals surface area contributed by atoms with Crippen LogP contribution in [-0.2, 0) is 0 Å². The fraction of sp³-hybridized carbons (Fsp3) is 0.235. The number of hydrogen-bond acceptors (Lipinski definition) is 1. The largest absolute Gasteiger partial charge is 0.332 e. The number of benzene rings is 2. The molecule has 0 radical (unpaired) electrons. The van der Waals surface area contributed by atoms with Crippen molar-refractivity contribution in [2.75, 3.05) is 6.54 Å². The third-order valence-corrected chi connectivity index (χ3v) is 4.47. The fourth-order valence-corrected chi connectivity index (χ4v) is 3.21. The van der Waals surface area contributed by atoms with Gasteiger partial charge in [-0.05, 0) is 52.5 Å². The molecule has 1 unspecified atom stereocenters. The molecular weight excluding hydrogens is 333 g/mol. The average molecular weight is 348 g/mol. The lowest BCUT2D eigenvalue weighted by atomic mass is 10.0. The van der Waals surface area contributed by atoms with Gasteiger partial charge in [0.15, 0.2) is 0 Å². The topological polar surface area (TPSA) is 20.3 Å². The first-order chi connectivity index (χ1) is 10.2. The third-order valence-electron chi connectivity index (χ3n) is 3.86. The molecule has 0 N–H and O–H groups in total. The number of carbonyl (C=O) groups is 1. The Hall–Kier alpha value is -1.68. The zero-order chi connectivity index (χ0) is 14.8. The van der Waals surface area contributed by atoms with E-state index in [4.69, 9.17) is 0 Å². The van der Waals surface area contributed by atoms with Gasteiger partial charge in [-0.2, -0.15) is 0 Å². The Labute approximate surface area is 131 Å². The van der Waals surface area contributed by atoms with Gasteiger partial charge in [0, 0.05) is 12.1 Å². The lowest BCUT2D eigenvalue weighted by molar-refractivity contribution is 0.0735. The van der Waals surface area contributed by atoms with Crippen LogP contribution < -0.4 is 0 Å². The molecule has 108 valence electrons. The Kier molecular flexibility index (Phi) is 4.06. The highest BCUT2D eigenvalue weighted by Crippen LogP contribution is 2.33. The van der Waals surface area contributed by atoms with E-state index in [0.29, 0.717) is 10.0 Å². The molecule has 0 aromatic heterocycles. The zero-order valence-electron chi connectivity index (χ0n) is 11.4. The Morgan fingerprint density at radius 3 is 2.67 bits per heavy atom. The van der Waals surface area contributed by atoms with Crippen LogP contribution >= 0.6 is 15.9 Å². The molecule has 2 aromatic carbocycles. The summed E-state index contributed by atoms with van der Waals surface area (Å²) >= 11 is 3.14. The van der Waals surface area contributed by atoms with Crippen LogP contribution in [0.4, 0.5) is 4.39 Å². The van der Waals surface area contributed by atoms with Gasteiger partial charge >= 0.3 is 0 Å². The molecule has 4 heteroatoms. The Morgan fingerprint density at radius 2 is 1.95 bits per heavy atom. The standard InChI is InChI=1S/C17H15BrFNO/c18-14-11-13(8-9-15(14)19)17(21)20-10-4-7-16(20)12-5-2-1-3-6-12/h1-3,5-6,8-9,11,16H,4,7,10H2. The van der Waals surface area contributed by atoms with Gasteiger partial charge in [-0.1, -0.05) is 30.3 Å². The van der Waals surface area contributed by atoms with Gasteiger partial charge in [0.2, 0.25) is 0 Å². The smallest absolute Gasteiger partial charge is 0.254 e. The molecule has 21 heavy (non-hydrogen) atoms. The van der Waals surface area contributed by atoms with Crippen LogP contribution in [0, 0.1) is 5.82 Å². The van der Waals surface area contributed by atoms with Crippen LogP contribution in [0.25, 0.3) is 0 Å². The van der Waals surface area contributed by atoms with Gasteiger partial charge in [0.05, 0.1) is 10.5 Å². The molecule has 3 rings (SSSR count). The lowest BCUT2D eigenvalue weighted by Crippen LogP contribution is -2.30. The average Bonchev–Trinajstić information content (AvgIpc) is 2.99. The van der Waals surface area contributed by atoms with Crippen LogP contribution in [0.5, 0.6) is 0 Å². The Bertz CT molecular complexity index is 659. The minimum Gasteiger partial charge on any atom is -0.332 e. The fourth-order valence-electron chi connectivity index (χ4n) is 2.83. The summed E-state index contributed by atoms with van der Waals surface area (Å²) in [6.45, 7) is 0.743. The molecule has 0 aliphatic carbocycles. The predicted molar refractivity (Wildman–Crippen MR) is 83.6 cm³/mol.